The second-order valence-electron chi connectivity index (χ2n) is 10.4. The highest BCUT2D eigenvalue weighted by molar-refractivity contribution is 5.81. The zero-order valence-corrected chi connectivity index (χ0v) is 23.7. The molecule has 42 heavy (non-hydrogen) atoms. The van der Waals surface area contributed by atoms with Gasteiger partial charge in [-0.05, 0) is 100 Å². The summed E-state index contributed by atoms with van der Waals surface area (Å²) >= 11 is 0. The van der Waals surface area contributed by atoms with Crippen molar-refractivity contribution in [1.82, 2.24) is 35.1 Å². The number of aryl methyl sites for hydroxylation is 2. The highest BCUT2D eigenvalue weighted by Gasteiger charge is 2.31. The molecule has 10 nitrogen and oxygen atoms in total. The van der Waals surface area contributed by atoms with Crippen LogP contribution in [0.2, 0.25) is 0 Å². The summed E-state index contributed by atoms with van der Waals surface area (Å²) in [5.41, 5.74) is 5.42. The van der Waals surface area contributed by atoms with E-state index in [4.69, 9.17) is 9.15 Å². The molecule has 2 aromatic carbocycles. The minimum absolute atomic E-state index is 0.200. The van der Waals surface area contributed by atoms with Crippen LogP contribution in [-0.2, 0) is 19.6 Å². The average Bonchev–Trinajstić information content (AvgIpc) is 3.68. The van der Waals surface area contributed by atoms with Gasteiger partial charge in [0, 0.05) is 36.6 Å². The van der Waals surface area contributed by atoms with Gasteiger partial charge in [0.2, 0.25) is 0 Å². The summed E-state index contributed by atoms with van der Waals surface area (Å²) < 4.78 is 12.7. The van der Waals surface area contributed by atoms with Crippen LogP contribution in [0.25, 0.3) is 10.9 Å². The topological polar surface area (TPSA) is 115 Å². The number of rotatable bonds is 10. The summed E-state index contributed by atoms with van der Waals surface area (Å²) in [7, 11) is 1.65. The van der Waals surface area contributed by atoms with Crippen LogP contribution in [0.3, 0.4) is 0 Å². The Kier molecular flexibility index (Phi) is 7.61. The molecule has 6 rings (SSSR count). The molecular weight excluding hydrogens is 530 g/mol. The fraction of sp³-hybridized carbons (Fsp3) is 0.219. The molecule has 10 heteroatoms. The van der Waals surface area contributed by atoms with Crippen LogP contribution in [0.15, 0.2) is 94.6 Å². The van der Waals surface area contributed by atoms with Crippen molar-refractivity contribution in [3.63, 3.8) is 0 Å². The standard InChI is InChI=1S/C32H31N7O3/c1-21-14-25-16-28(32(40)34-29(25)15-22(21)2)30(31-35-36-37-39(31)20-27-7-5-13-42-27)38(19-24-6-4-12-33-17-24)18-23-8-10-26(41-3)11-9-23/h4-17,30H,18-20H2,1-3H3,(H,34,40). The number of nitrogens with one attached hydrogen (secondary N) is 1. The van der Waals surface area contributed by atoms with Gasteiger partial charge in [-0.25, -0.2) is 4.68 Å². The Morgan fingerprint density at radius 2 is 1.81 bits per heavy atom. The number of aromatic nitrogens is 6. The number of tetrazole rings is 1. The van der Waals surface area contributed by atoms with Gasteiger partial charge in [0.25, 0.3) is 5.56 Å². The van der Waals surface area contributed by atoms with Crippen LogP contribution < -0.4 is 10.3 Å². The van der Waals surface area contributed by atoms with E-state index < -0.39 is 6.04 Å². The second-order valence-corrected chi connectivity index (χ2v) is 10.4. The highest BCUT2D eigenvalue weighted by Crippen LogP contribution is 2.31. The fourth-order valence-electron chi connectivity index (χ4n) is 5.20. The SMILES string of the molecule is COc1ccc(CN(Cc2cccnc2)C(c2cc3cc(C)c(C)cc3[nH]c2=O)c2nnnn2Cc2ccco2)cc1. The summed E-state index contributed by atoms with van der Waals surface area (Å²) in [6, 6.07) is 21.0. The maximum absolute atomic E-state index is 13.9. The molecule has 0 aliphatic rings. The van der Waals surface area contributed by atoms with E-state index in [9.17, 15) is 4.79 Å². The number of H-pyrrole nitrogens is 1. The number of hydrogen-bond donors (Lipinski definition) is 1. The summed E-state index contributed by atoms with van der Waals surface area (Å²) in [4.78, 5) is 23.5. The Hall–Kier alpha value is -5.09. The van der Waals surface area contributed by atoms with Gasteiger partial charge in [0.05, 0.1) is 13.4 Å². The average molecular weight is 562 g/mol. The molecule has 0 bridgehead atoms. The number of pyridine rings is 2. The quantitative estimate of drug-likeness (QED) is 0.249. The molecule has 0 aliphatic heterocycles. The number of hydrogen-bond acceptors (Lipinski definition) is 8. The van der Waals surface area contributed by atoms with Gasteiger partial charge in [0.15, 0.2) is 5.82 Å². The minimum atomic E-state index is -0.605. The molecule has 6 aromatic rings. The minimum Gasteiger partial charge on any atom is -0.497 e. The summed E-state index contributed by atoms with van der Waals surface area (Å²) in [5.74, 6) is 2.00. The van der Waals surface area contributed by atoms with Gasteiger partial charge in [-0.2, -0.15) is 0 Å². The van der Waals surface area contributed by atoms with E-state index in [0.717, 1.165) is 38.9 Å². The van der Waals surface area contributed by atoms with Crippen molar-refractivity contribution in [2.24, 2.45) is 0 Å². The molecule has 0 saturated carbocycles. The van der Waals surface area contributed by atoms with Gasteiger partial charge in [-0.1, -0.05) is 18.2 Å². The number of aromatic amines is 1. The molecule has 0 radical (unpaired) electrons. The maximum Gasteiger partial charge on any atom is 0.253 e. The van der Waals surface area contributed by atoms with E-state index in [0.29, 0.717) is 36.8 Å². The zero-order chi connectivity index (χ0) is 29.1. The van der Waals surface area contributed by atoms with E-state index in [1.807, 2.05) is 73.8 Å². The third kappa shape index (κ3) is 5.70. The Morgan fingerprint density at radius 1 is 1.00 bits per heavy atom. The maximum atomic E-state index is 13.9. The molecule has 4 heterocycles. The Balaban J connectivity index is 1.53. The van der Waals surface area contributed by atoms with Crippen LogP contribution in [0.1, 0.15) is 45.4 Å². The van der Waals surface area contributed by atoms with Crippen LogP contribution >= 0.6 is 0 Å². The summed E-state index contributed by atoms with van der Waals surface area (Å²) in [5, 5.41) is 13.8. The summed E-state index contributed by atoms with van der Waals surface area (Å²) in [6.07, 6.45) is 5.20. The lowest BCUT2D eigenvalue weighted by Gasteiger charge is -2.31. The van der Waals surface area contributed by atoms with E-state index in [1.165, 1.54) is 0 Å². The monoisotopic (exact) mass is 561 g/mol. The van der Waals surface area contributed by atoms with Crippen molar-refractivity contribution in [3.05, 3.63) is 135 Å². The van der Waals surface area contributed by atoms with E-state index in [1.54, 1.807) is 24.3 Å². The van der Waals surface area contributed by atoms with Crippen molar-refractivity contribution < 1.29 is 9.15 Å². The van der Waals surface area contributed by atoms with Crippen molar-refractivity contribution in [2.75, 3.05) is 7.11 Å². The second kappa shape index (κ2) is 11.8. The zero-order valence-electron chi connectivity index (χ0n) is 23.7. The van der Waals surface area contributed by atoms with Crippen LogP contribution in [0.4, 0.5) is 0 Å². The largest absolute Gasteiger partial charge is 0.497 e. The number of benzene rings is 2. The molecule has 1 atom stereocenters. The Morgan fingerprint density at radius 3 is 2.55 bits per heavy atom. The van der Waals surface area contributed by atoms with E-state index >= 15 is 0 Å². The first-order valence-corrected chi connectivity index (χ1v) is 13.7. The molecule has 4 aromatic heterocycles. The molecule has 0 saturated heterocycles. The van der Waals surface area contributed by atoms with Crippen LogP contribution in [-0.4, -0.2) is 42.2 Å². The van der Waals surface area contributed by atoms with Gasteiger partial charge in [-0.3, -0.25) is 14.7 Å². The number of fused-ring (bicyclic) bond motifs is 1. The predicted octanol–water partition coefficient (Wildman–Crippen LogP) is 4.97. The molecule has 0 spiro atoms. The third-order valence-corrected chi connectivity index (χ3v) is 7.49. The van der Waals surface area contributed by atoms with E-state index in [-0.39, 0.29) is 5.56 Å². The van der Waals surface area contributed by atoms with E-state index in [2.05, 4.69) is 43.4 Å². The van der Waals surface area contributed by atoms with Gasteiger partial charge < -0.3 is 14.1 Å². The lowest BCUT2D eigenvalue weighted by Crippen LogP contribution is -2.35. The van der Waals surface area contributed by atoms with Crippen molar-refractivity contribution in [3.8, 4) is 5.75 Å². The van der Waals surface area contributed by atoms with Crippen molar-refractivity contribution in [1.29, 1.82) is 0 Å². The third-order valence-electron chi connectivity index (χ3n) is 7.49. The first kappa shape index (κ1) is 27.1. The lowest BCUT2D eigenvalue weighted by molar-refractivity contribution is 0.193. The number of nitrogens with zero attached hydrogens (tertiary/aromatic N) is 6. The van der Waals surface area contributed by atoms with Crippen LogP contribution in [0.5, 0.6) is 5.75 Å². The number of ether oxygens (including phenoxy) is 1. The smallest absolute Gasteiger partial charge is 0.253 e. The molecule has 1 unspecified atom stereocenters. The Labute approximate surface area is 242 Å². The van der Waals surface area contributed by atoms with Crippen LogP contribution in [0, 0.1) is 13.8 Å². The first-order chi connectivity index (χ1) is 20.5. The molecular formula is C32H31N7O3. The Bertz CT molecular complexity index is 1850. The molecule has 1 N–H and O–H groups in total. The van der Waals surface area contributed by atoms with Crippen molar-refractivity contribution >= 4 is 10.9 Å². The number of methoxy groups -OCH3 is 1. The highest BCUT2D eigenvalue weighted by atomic mass is 16.5. The van der Waals surface area contributed by atoms with Gasteiger partial charge >= 0.3 is 0 Å². The molecule has 0 aliphatic carbocycles. The lowest BCUT2D eigenvalue weighted by atomic mass is 9.99. The van der Waals surface area contributed by atoms with Gasteiger partial charge in [-0.15, -0.1) is 5.10 Å². The number of furan rings is 1. The molecule has 0 fully saturated rings. The fourth-order valence-corrected chi connectivity index (χ4v) is 5.20. The predicted molar refractivity (Wildman–Crippen MR) is 158 cm³/mol. The molecule has 212 valence electrons. The molecule has 0 amide bonds. The summed E-state index contributed by atoms with van der Waals surface area (Å²) in [6.45, 7) is 5.42. The normalized spacial score (nSPS) is 12.2. The van der Waals surface area contributed by atoms with Gasteiger partial charge in [0.1, 0.15) is 24.1 Å². The first-order valence-electron chi connectivity index (χ1n) is 13.7. The van der Waals surface area contributed by atoms with Crippen molar-refractivity contribution in [2.45, 2.75) is 39.5 Å².